The van der Waals surface area contributed by atoms with Gasteiger partial charge >= 0.3 is 6.03 Å². The van der Waals surface area contributed by atoms with Crippen molar-refractivity contribution < 1.29 is 14.7 Å². The summed E-state index contributed by atoms with van der Waals surface area (Å²) >= 11 is 0. The van der Waals surface area contributed by atoms with E-state index in [1.165, 1.54) is 0 Å². The molecule has 2 aromatic heterocycles. The first-order valence-corrected chi connectivity index (χ1v) is 15.0. The SMILES string of the molecule is CC1(C)c2[nH]nc(NC(=O)C3([Si](C)(C)C)CCC3)c2CN1C(=O)NC(CO)c1cccnc1. The minimum Gasteiger partial charge on any atom is -0.394 e. The molecule has 33 heavy (non-hydrogen) atoms. The van der Waals surface area contributed by atoms with Crippen LogP contribution in [0.4, 0.5) is 10.6 Å². The average Bonchev–Trinajstić information content (AvgIpc) is 3.23. The molecule has 1 aliphatic heterocycles. The molecule has 4 rings (SSSR count). The van der Waals surface area contributed by atoms with Crippen molar-refractivity contribution in [2.75, 3.05) is 11.9 Å². The summed E-state index contributed by atoms with van der Waals surface area (Å²) < 4.78 is 0. The third-order valence-corrected chi connectivity index (χ3v) is 11.2. The Kier molecular flexibility index (Phi) is 5.86. The number of aromatic amines is 1. The molecule has 1 unspecified atom stereocenters. The number of nitrogens with one attached hydrogen (secondary N) is 3. The average molecular weight is 471 g/mol. The summed E-state index contributed by atoms with van der Waals surface area (Å²) in [5.74, 6) is 0.564. The monoisotopic (exact) mass is 470 g/mol. The van der Waals surface area contributed by atoms with Crippen molar-refractivity contribution in [3.05, 3.63) is 41.3 Å². The highest BCUT2D eigenvalue weighted by molar-refractivity contribution is 6.83. The van der Waals surface area contributed by atoms with Gasteiger partial charge in [-0.15, -0.1) is 0 Å². The molecule has 0 aromatic carbocycles. The zero-order chi connectivity index (χ0) is 24.0. The Labute approximate surface area is 195 Å². The molecule has 1 atom stereocenters. The van der Waals surface area contributed by atoms with Crippen LogP contribution in [0.3, 0.4) is 0 Å². The first-order chi connectivity index (χ1) is 15.5. The van der Waals surface area contributed by atoms with Gasteiger partial charge in [-0.25, -0.2) is 4.79 Å². The highest BCUT2D eigenvalue weighted by Crippen LogP contribution is 2.56. The van der Waals surface area contributed by atoms with Gasteiger partial charge in [0.05, 0.1) is 38.5 Å². The summed E-state index contributed by atoms with van der Waals surface area (Å²) in [6.45, 7) is 10.7. The number of aromatic nitrogens is 3. The number of anilines is 1. The topological polar surface area (TPSA) is 123 Å². The summed E-state index contributed by atoms with van der Waals surface area (Å²) in [5.41, 5.74) is 1.72. The van der Waals surface area contributed by atoms with Crippen LogP contribution in [-0.2, 0) is 16.9 Å². The molecule has 0 saturated heterocycles. The largest absolute Gasteiger partial charge is 0.394 e. The molecule has 0 spiro atoms. The quantitative estimate of drug-likeness (QED) is 0.481. The van der Waals surface area contributed by atoms with Gasteiger partial charge in [-0.05, 0) is 38.3 Å². The molecule has 1 fully saturated rings. The number of aliphatic hydroxyl groups excluding tert-OH is 1. The second-order valence-electron chi connectivity index (χ2n) is 10.7. The van der Waals surface area contributed by atoms with Crippen molar-refractivity contribution >= 4 is 25.8 Å². The predicted molar refractivity (Wildman–Crippen MR) is 128 cm³/mol. The standard InChI is InChI=1S/C23H34N6O3Si/c1-22(2)18-16(13-29(22)21(32)25-17(14-30)15-8-6-11-24-12-15)19(28-27-18)26-20(31)23(9-7-10-23)33(3,4)5/h6,8,11-12,17,30H,7,9-10,13-14H2,1-5H3,(H,25,32)(H2,26,27,28,31). The van der Waals surface area contributed by atoms with Gasteiger partial charge in [-0.3, -0.25) is 14.9 Å². The number of fused-ring (bicyclic) bond motifs is 1. The highest BCUT2D eigenvalue weighted by atomic mass is 28.3. The van der Waals surface area contributed by atoms with Crippen LogP contribution in [0.1, 0.15) is 56.0 Å². The minimum absolute atomic E-state index is 0.0554. The number of hydrogen-bond acceptors (Lipinski definition) is 5. The first-order valence-electron chi connectivity index (χ1n) is 11.5. The fourth-order valence-corrected chi connectivity index (χ4v) is 7.66. The third-order valence-electron chi connectivity index (χ3n) is 7.59. The minimum atomic E-state index is -1.71. The smallest absolute Gasteiger partial charge is 0.319 e. The van der Waals surface area contributed by atoms with Crippen molar-refractivity contribution in [1.29, 1.82) is 0 Å². The van der Waals surface area contributed by atoms with Crippen LogP contribution < -0.4 is 10.6 Å². The molecule has 178 valence electrons. The van der Waals surface area contributed by atoms with E-state index in [1.807, 2.05) is 19.9 Å². The van der Waals surface area contributed by atoms with Crippen LogP contribution in [0.2, 0.25) is 24.7 Å². The van der Waals surface area contributed by atoms with E-state index in [1.54, 1.807) is 23.4 Å². The van der Waals surface area contributed by atoms with Crippen LogP contribution >= 0.6 is 0 Å². The summed E-state index contributed by atoms with van der Waals surface area (Å²) in [4.78, 5) is 32.3. The van der Waals surface area contributed by atoms with Crippen molar-refractivity contribution in [3.8, 4) is 0 Å². The van der Waals surface area contributed by atoms with Crippen molar-refractivity contribution in [2.24, 2.45) is 0 Å². The van der Waals surface area contributed by atoms with Crippen LogP contribution in [0.25, 0.3) is 0 Å². The Bertz CT molecular complexity index is 1040. The maximum Gasteiger partial charge on any atom is 0.319 e. The molecule has 1 saturated carbocycles. The van der Waals surface area contributed by atoms with E-state index in [0.717, 1.165) is 36.1 Å². The maximum absolute atomic E-state index is 13.3. The number of rotatable bonds is 6. The summed E-state index contributed by atoms with van der Waals surface area (Å²) in [6.07, 6.45) is 6.22. The van der Waals surface area contributed by atoms with Gasteiger partial charge in [-0.1, -0.05) is 32.1 Å². The zero-order valence-corrected chi connectivity index (χ0v) is 21.0. The zero-order valence-electron chi connectivity index (χ0n) is 20.0. The first kappa shape index (κ1) is 23.4. The molecule has 0 radical (unpaired) electrons. The number of H-pyrrole nitrogens is 1. The van der Waals surface area contributed by atoms with Crippen LogP contribution in [-0.4, -0.2) is 51.8 Å². The van der Waals surface area contributed by atoms with Gasteiger partial charge in [0.15, 0.2) is 5.82 Å². The molecule has 0 bridgehead atoms. The predicted octanol–water partition coefficient (Wildman–Crippen LogP) is 3.50. The van der Waals surface area contributed by atoms with E-state index in [4.69, 9.17) is 0 Å². The van der Waals surface area contributed by atoms with Crippen LogP contribution in [0, 0.1) is 0 Å². The molecule has 3 heterocycles. The lowest BCUT2D eigenvalue weighted by Crippen LogP contribution is -2.52. The van der Waals surface area contributed by atoms with Crippen molar-refractivity contribution in [3.63, 3.8) is 0 Å². The number of carbonyl (C=O) groups is 2. The molecule has 3 amide bonds. The summed E-state index contributed by atoms with van der Waals surface area (Å²) in [6, 6.07) is 2.72. The summed E-state index contributed by atoms with van der Waals surface area (Å²) in [7, 11) is -1.71. The van der Waals surface area contributed by atoms with Crippen LogP contribution in [0.5, 0.6) is 0 Å². The molecule has 4 N–H and O–H groups in total. The number of pyridine rings is 1. The van der Waals surface area contributed by atoms with E-state index < -0.39 is 19.7 Å². The fraction of sp³-hybridized carbons (Fsp3) is 0.565. The second-order valence-corrected chi connectivity index (χ2v) is 16.1. The molecule has 9 nitrogen and oxygen atoms in total. The Morgan fingerprint density at radius 3 is 2.58 bits per heavy atom. The fourth-order valence-electron chi connectivity index (χ4n) is 5.06. The van der Waals surface area contributed by atoms with Crippen molar-refractivity contribution in [1.82, 2.24) is 25.4 Å². The molecule has 10 heteroatoms. The molecule has 1 aliphatic carbocycles. The number of aliphatic hydroxyl groups is 1. The Hall–Kier alpha value is -2.72. The Morgan fingerprint density at radius 2 is 2.03 bits per heavy atom. The van der Waals surface area contributed by atoms with Gasteiger partial charge in [-0.2, -0.15) is 5.10 Å². The molecule has 2 aliphatic rings. The van der Waals surface area contributed by atoms with Crippen LogP contribution in [0.15, 0.2) is 24.5 Å². The van der Waals surface area contributed by atoms with E-state index >= 15 is 0 Å². The number of hydrogen-bond donors (Lipinski definition) is 4. The van der Waals surface area contributed by atoms with Gasteiger partial charge in [0.25, 0.3) is 0 Å². The highest BCUT2D eigenvalue weighted by Gasteiger charge is 2.54. The van der Waals surface area contributed by atoms with E-state index in [2.05, 4.69) is 45.5 Å². The maximum atomic E-state index is 13.3. The lowest BCUT2D eigenvalue weighted by Gasteiger charge is -2.48. The lowest BCUT2D eigenvalue weighted by molar-refractivity contribution is -0.121. The van der Waals surface area contributed by atoms with Gasteiger partial charge in [0.2, 0.25) is 5.91 Å². The molecular weight excluding hydrogens is 436 g/mol. The van der Waals surface area contributed by atoms with Crippen molar-refractivity contribution in [2.45, 2.75) is 75.9 Å². The number of urea groups is 1. The van der Waals surface area contributed by atoms with Gasteiger partial charge < -0.3 is 20.6 Å². The normalized spacial score (nSPS) is 19.4. The summed E-state index contributed by atoms with van der Waals surface area (Å²) in [5, 5.41) is 23.0. The molecule has 2 aromatic rings. The Balaban J connectivity index is 1.52. The second kappa shape index (κ2) is 8.25. The number of carbonyl (C=O) groups excluding carboxylic acids is 2. The van der Waals surface area contributed by atoms with Gasteiger partial charge in [0, 0.05) is 23.0 Å². The van der Waals surface area contributed by atoms with E-state index in [0.29, 0.717) is 12.4 Å². The number of nitrogens with zero attached hydrogens (tertiary/aromatic N) is 3. The number of amides is 3. The van der Waals surface area contributed by atoms with Gasteiger partial charge in [0.1, 0.15) is 0 Å². The molecular formula is C23H34N6O3Si. The third kappa shape index (κ3) is 3.84. The van der Waals surface area contributed by atoms with E-state index in [9.17, 15) is 14.7 Å². The van der Waals surface area contributed by atoms with E-state index in [-0.39, 0.29) is 23.6 Å². The Morgan fingerprint density at radius 1 is 1.30 bits per heavy atom. The lowest BCUT2D eigenvalue weighted by atomic mass is 9.83.